The number of halogens is 2. The van der Waals surface area contributed by atoms with Gasteiger partial charge in [-0.15, -0.1) is 0 Å². The van der Waals surface area contributed by atoms with E-state index >= 15 is 0 Å². The number of benzene rings is 2. The van der Waals surface area contributed by atoms with Crippen LogP contribution in [0.4, 0.5) is 14.6 Å². The average Bonchev–Trinajstić information content (AvgIpc) is 2.69. The average molecular weight is 367 g/mol. The quantitative estimate of drug-likeness (QED) is 0.665. The molecule has 3 aromatic rings. The van der Waals surface area contributed by atoms with Crippen molar-refractivity contribution in [2.75, 3.05) is 11.9 Å². The second-order valence-electron chi connectivity index (χ2n) is 6.01. The van der Waals surface area contributed by atoms with Crippen LogP contribution < -0.4 is 10.6 Å². The van der Waals surface area contributed by atoms with Gasteiger partial charge in [-0.05, 0) is 42.3 Å². The van der Waals surface area contributed by atoms with E-state index in [0.29, 0.717) is 29.9 Å². The standard InChI is InChI=1S/C21H19F2N3O/c22-18-7-5-15(6-8-18)9-11-25-21(27)16-10-12-24-20(13-16)26-14-17-3-1-2-4-19(17)23/h1-8,10,12-13H,9,11,14H2,(H,24,26)(H,25,27). The van der Waals surface area contributed by atoms with Gasteiger partial charge in [0.15, 0.2) is 0 Å². The summed E-state index contributed by atoms with van der Waals surface area (Å²) in [5.41, 5.74) is 1.92. The number of pyridine rings is 1. The second kappa shape index (κ2) is 8.89. The molecule has 0 saturated carbocycles. The van der Waals surface area contributed by atoms with Gasteiger partial charge in [0.25, 0.3) is 5.91 Å². The van der Waals surface area contributed by atoms with E-state index in [1.54, 1.807) is 42.5 Å². The van der Waals surface area contributed by atoms with Crippen molar-refractivity contribution in [2.24, 2.45) is 0 Å². The summed E-state index contributed by atoms with van der Waals surface area (Å²) in [4.78, 5) is 16.4. The van der Waals surface area contributed by atoms with Gasteiger partial charge in [0, 0.05) is 30.4 Å². The highest BCUT2D eigenvalue weighted by atomic mass is 19.1. The Kier molecular flexibility index (Phi) is 6.10. The Hall–Kier alpha value is -3.28. The van der Waals surface area contributed by atoms with Crippen molar-refractivity contribution in [1.29, 1.82) is 0 Å². The lowest BCUT2D eigenvalue weighted by molar-refractivity contribution is 0.0954. The van der Waals surface area contributed by atoms with Crippen LogP contribution in [0.5, 0.6) is 0 Å². The van der Waals surface area contributed by atoms with Crippen LogP contribution in [-0.2, 0) is 13.0 Å². The third-order valence-electron chi connectivity index (χ3n) is 4.05. The van der Waals surface area contributed by atoms with Crippen molar-refractivity contribution >= 4 is 11.7 Å². The van der Waals surface area contributed by atoms with Gasteiger partial charge in [0.2, 0.25) is 0 Å². The third kappa shape index (κ3) is 5.34. The van der Waals surface area contributed by atoms with E-state index < -0.39 is 0 Å². The van der Waals surface area contributed by atoms with Crippen LogP contribution >= 0.6 is 0 Å². The number of nitrogens with one attached hydrogen (secondary N) is 2. The molecule has 0 unspecified atom stereocenters. The van der Waals surface area contributed by atoms with Gasteiger partial charge in [-0.1, -0.05) is 30.3 Å². The van der Waals surface area contributed by atoms with Crippen LogP contribution in [0.1, 0.15) is 21.5 Å². The van der Waals surface area contributed by atoms with Crippen LogP contribution in [0.3, 0.4) is 0 Å². The summed E-state index contributed by atoms with van der Waals surface area (Å²) in [6, 6.07) is 15.9. The first-order valence-corrected chi connectivity index (χ1v) is 8.58. The number of carbonyl (C=O) groups is 1. The molecule has 138 valence electrons. The molecule has 27 heavy (non-hydrogen) atoms. The minimum atomic E-state index is -0.292. The number of rotatable bonds is 7. The number of anilines is 1. The van der Waals surface area contributed by atoms with Gasteiger partial charge in [0.1, 0.15) is 17.5 Å². The summed E-state index contributed by atoms with van der Waals surface area (Å²) in [7, 11) is 0. The van der Waals surface area contributed by atoms with Crippen LogP contribution in [-0.4, -0.2) is 17.4 Å². The van der Waals surface area contributed by atoms with E-state index in [9.17, 15) is 13.6 Å². The molecule has 0 atom stereocenters. The molecule has 1 amide bonds. The first-order chi connectivity index (χ1) is 13.1. The van der Waals surface area contributed by atoms with Gasteiger partial charge in [0.05, 0.1) is 0 Å². The molecule has 1 heterocycles. The predicted molar refractivity (Wildman–Crippen MR) is 100 cm³/mol. The molecular weight excluding hydrogens is 348 g/mol. The van der Waals surface area contributed by atoms with E-state index in [-0.39, 0.29) is 24.1 Å². The smallest absolute Gasteiger partial charge is 0.251 e. The molecule has 6 heteroatoms. The van der Waals surface area contributed by atoms with E-state index in [1.807, 2.05) is 0 Å². The molecule has 1 aromatic heterocycles. The summed E-state index contributed by atoms with van der Waals surface area (Å²) in [6.07, 6.45) is 2.13. The summed E-state index contributed by atoms with van der Waals surface area (Å²) in [5.74, 6) is -0.312. The molecule has 0 aliphatic carbocycles. The maximum Gasteiger partial charge on any atom is 0.251 e. The Labute approximate surface area is 156 Å². The summed E-state index contributed by atoms with van der Waals surface area (Å²) >= 11 is 0. The van der Waals surface area contributed by atoms with Gasteiger partial charge < -0.3 is 10.6 Å². The van der Waals surface area contributed by atoms with Gasteiger partial charge in [-0.3, -0.25) is 4.79 Å². The van der Waals surface area contributed by atoms with Gasteiger partial charge >= 0.3 is 0 Å². The molecular formula is C21H19F2N3O. The number of aromatic nitrogens is 1. The van der Waals surface area contributed by atoms with E-state index in [2.05, 4.69) is 15.6 Å². The maximum atomic E-state index is 13.7. The molecule has 3 rings (SSSR count). The second-order valence-corrected chi connectivity index (χ2v) is 6.01. The number of nitrogens with zero attached hydrogens (tertiary/aromatic N) is 1. The van der Waals surface area contributed by atoms with Crippen molar-refractivity contribution in [3.63, 3.8) is 0 Å². The number of hydrogen-bond donors (Lipinski definition) is 2. The normalized spacial score (nSPS) is 10.4. The topological polar surface area (TPSA) is 54.0 Å². The molecule has 0 spiro atoms. The SMILES string of the molecule is O=C(NCCc1ccc(F)cc1)c1ccnc(NCc2ccccc2F)c1. The fourth-order valence-corrected chi connectivity index (χ4v) is 2.57. The maximum absolute atomic E-state index is 13.7. The largest absolute Gasteiger partial charge is 0.366 e. The van der Waals surface area contributed by atoms with Crippen LogP contribution in [0.15, 0.2) is 66.9 Å². The highest BCUT2D eigenvalue weighted by Gasteiger charge is 2.07. The number of hydrogen-bond acceptors (Lipinski definition) is 3. The first kappa shape index (κ1) is 18.5. The minimum Gasteiger partial charge on any atom is -0.366 e. The lowest BCUT2D eigenvalue weighted by atomic mass is 10.1. The molecule has 0 bridgehead atoms. The molecule has 0 saturated heterocycles. The summed E-state index contributed by atoms with van der Waals surface area (Å²) in [5, 5.41) is 5.84. The molecule has 0 aliphatic heterocycles. The van der Waals surface area contributed by atoms with Gasteiger partial charge in [-0.25, -0.2) is 13.8 Å². The zero-order chi connectivity index (χ0) is 19.1. The minimum absolute atomic E-state index is 0.228. The Morgan fingerprint density at radius 2 is 1.78 bits per heavy atom. The summed E-state index contributed by atoms with van der Waals surface area (Å²) < 4.78 is 26.5. The molecule has 0 fully saturated rings. The fraction of sp³-hybridized carbons (Fsp3) is 0.143. The van der Waals surface area contributed by atoms with E-state index in [0.717, 1.165) is 5.56 Å². The summed E-state index contributed by atoms with van der Waals surface area (Å²) in [6.45, 7) is 0.708. The Bertz CT molecular complexity index is 913. The zero-order valence-electron chi connectivity index (χ0n) is 14.6. The highest BCUT2D eigenvalue weighted by molar-refractivity contribution is 5.94. The van der Waals surface area contributed by atoms with E-state index in [4.69, 9.17) is 0 Å². The van der Waals surface area contributed by atoms with Gasteiger partial charge in [-0.2, -0.15) is 0 Å². The first-order valence-electron chi connectivity index (χ1n) is 8.58. The zero-order valence-corrected chi connectivity index (χ0v) is 14.6. The van der Waals surface area contributed by atoms with Crippen molar-refractivity contribution in [2.45, 2.75) is 13.0 Å². The van der Waals surface area contributed by atoms with Crippen molar-refractivity contribution in [1.82, 2.24) is 10.3 Å². The lowest BCUT2D eigenvalue weighted by Gasteiger charge is -2.09. The van der Waals surface area contributed by atoms with Crippen LogP contribution in [0.2, 0.25) is 0 Å². The van der Waals surface area contributed by atoms with Crippen molar-refractivity contribution in [3.8, 4) is 0 Å². The third-order valence-corrected chi connectivity index (χ3v) is 4.05. The van der Waals surface area contributed by atoms with Crippen molar-refractivity contribution < 1.29 is 13.6 Å². The van der Waals surface area contributed by atoms with E-state index in [1.165, 1.54) is 24.4 Å². The molecule has 2 aromatic carbocycles. The Morgan fingerprint density at radius 1 is 1.00 bits per heavy atom. The Balaban J connectivity index is 1.53. The van der Waals surface area contributed by atoms with Crippen LogP contribution in [0.25, 0.3) is 0 Å². The number of carbonyl (C=O) groups excluding carboxylic acids is 1. The monoisotopic (exact) mass is 367 g/mol. The molecule has 0 radical (unpaired) electrons. The highest BCUT2D eigenvalue weighted by Crippen LogP contribution is 2.11. The lowest BCUT2D eigenvalue weighted by Crippen LogP contribution is -2.25. The predicted octanol–water partition coefficient (Wildman–Crippen LogP) is 3.94. The molecule has 0 aliphatic rings. The number of amides is 1. The van der Waals surface area contributed by atoms with Crippen molar-refractivity contribution in [3.05, 3.63) is 95.2 Å². The fourth-order valence-electron chi connectivity index (χ4n) is 2.57. The Morgan fingerprint density at radius 3 is 2.56 bits per heavy atom. The van der Waals surface area contributed by atoms with Crippen LogP contribution in [0, 0.1) is 11.6 Å². The molecule has 2 N–H and O–H groups in total. The molecule has 4 nitrogen and oxygen atoms in total.